The smallest absolute Gasteiger partial charge is 0.186 e. The maximum Gasteiger partial charge on any atom is 0.186 e. The highest BCUT2D eigenvalue weighted by molar-refractivity contribution is 5.82. The summed E-state index contributed by atoms with van der Waals surface area (Å²) in [6, 6.07) is 9.27. The van der Waals surface area contributed by atoms with Crippen LogP contribution in [0.2, 0.25) is 0 Å². The van der Waals surface area contributed by atoms with Gasteiger partial charge in [-0.05, 0) is 52.9 Å². The van der Waals surface area contributed by atoms with Gasteiger partial charge in [0.25, 0.3) is 0 Å². The molecule has 0 saturated heterocycles. The van der Waals surface area contributed by atoms with Gasteiger partial charge in [0.05, 0.1) is 18.7 Å². The summed E-state index contributed by atoms with van der Waals surface area (Å²) in [6.45, 7) is 4.23. The van der Waals surface area contributed by atoms with Crippen molar-refractivity contribution in [2.45, 2.75) is 57.9 Å². The number of tetrazole rings is 1. The van der Waals surface area contributed by atoms with Gasteiger partial charge in [-0.2, -0.15) is 0 Å². The molecule has 1 aliphatic carbocycles. The average Bonchev–Trinajstić information content (AvgIpc) is 3.23. The van der Waals surface area contributed by atoms with Crippen molar-refractivity contribution in [2.75, 3.05) is 7.11 Å². The standard InChI is InChI=1S/C23H28N4O3/c1-14(2)15-9-10-22(30-3)18(11-15)17-12-19(21(29)13-20(17)28)23-24-25-26-27(23)16-7-5-4-6-8-16/h9-14,16,28-29H,4-8H2,1-3H3. The minimum absolute atomic E-state index is 0.0212. The lowest BCUT2D eigenvalue weighted by Crippen LogP contribution is -2.15. The zero-order valence-electron chi connectivity index (χ0n) is 17.7. The van der Waals surface area contributed by atoms with Gasteiger partial charge in [0.1, 0.15) is 17.2 Å². The molecular formula is C23H28N4O3. The van der Waals surface area contributed by atoms with Gasteiger partial charge in [-0.3, -0.25) is 0 Å². The van der Waals surface area contributed by atoms with E-state index in [1.165, 1.54) is 12.5 Å². The molecule has 0 aliphatic heterocycles. The van der Waals surface area contributed by atoms with E-state index in [0.717, 1.165) is 36.8 Å². The van der Waals surface area contributed by atoms with Crippen molar-refractivity contribution in [3.05, 3.63) is 35.9 Å². The van der Waals surface area contributed by atoms with E-state index in [0.29, 0.717) is 28.6 Å². The van der Waals surface area contributed by atoms with Crippen LogP contribution in [0.5, 0.6) is 17.2 Å². The molecule has 1 aliphatic rings. The number of aromatic nitrogens is 4. The fourth-order valence-electron chi connectivity index (χ4n) is 4.21. The van der Waals surface area contributed by atoms with Crippen molar-refractivity contribution >= 4 is 0 Å². The number of hydrogen-bond donors (Lipinski definition) is 2. The summed E-state index contributed by atoms with van der Waals surface area (Å²) >= 11 is 0. The average molecular weight is 409 g/mol. The molecule has 0 spiro atoms. The van der Waals surface area contributed by atoms with Crippen molar-refractivity contribution in [1.82, 2.24) is 20.2 Å². The normalized spacial score (nSPS) is 14.9. The summed E-state index contributed by atoms with van der Waals surface area (Å²) in [5.74, 6) is 1.42. The van der Waals surface area contributed by atoms with Crippen molar-refractivity contribution < 1.29 is 14.9 Å². The van der Waals surface area contributed by atoms with Gasteiger partial charge < -0.3 is 14.9 Å². The van der Waals surface area contributed by atoms with E-state index in [4.69, 9.17) is 4.74 Å². The molecule has 0 atom stereocenters. The summed E-state index contributed by atoms with van der Waals surface area (Å²) in [5.41, 5.74) is 2.96. The topological polar surface area (TPSA) is 93.3 Å². The summed E-state index contributed by atoms with van der Waals surface area (Å²) in [5, 5.41) is 33.6. The Balaban J connectivity index is 1.84. The first kappa shape index (κ1) is 20.2. The molecule has 1 heterocycles. The molecule has 0 bridgehead atoms. The molecule has 4 rings (SSSR count). The molecule has 2 N–H and O–H groups in total. The van der Waals surface area contributed by atoms with Crippen molar-refractivity contribution in [3.63, 3.8) is 0 Å². The first-order chi connectivity index (χ1) is 14.5. The predicted octanol–water partition coefficient (Wildman–Crippen LogP) is 5.06. The van der Waals surface area contributed by atoms with Gasteiger partial charge in [-0.25, -0.2) is 4.68 Å². The molecule has 7 heteroatoms. The predicted molar refractivity (Wildman–Crippen MR) is 115 cm³/mol. The Morgan fingerprint density at radius 2 is 1.70 bits per heavy atom. The first-order valence-corrected chi connectivity index (χ1v) is 10.5. The maximum atomic E-state index is 10.7. The number of phenols is 2. The van der Waals surface area contributed by atoms with E-state index in [2.05, 4.69) is 29.4 Å². The second-order valence-corrected chi connectivity index (χ2v) is 8.24. The second kappa shape index (κ2) is 8.34. The Hall–Kier alpha value is -3.09. The van der Waals surface area contributed by atoms with Gasteiger partial charge in [0.15, 0.2) is 5.82 Å². The van der Waals surface area contributed by atoms with Crippen molar-refractivity contribution in [2.24, 2.45) is 0 Å². The number of methoxy groups -OCH3 is 1. The fourth-order valence-corrected chi connectivity index (χ4v) is 4.21. The van der Waals surface area contributed by atoms with Crippen molar-refractivity contribution in [1.29, 1.82) is 0 Å². The van der Waals surface area contributed by atoms with Gasteiger partial charge in [0.2, 0.25) is 0 Å². The van der Waals surface area contributed by atoms with Crippen molar-refractivity contribution in [3.8, 4) is 39.8 Å². The summed E-state index contributed by atoms with van der Waals surface area (Å²) in [7, 11) is 1.61. The SMILES string of the molecule is COc1ccc(C(C)C)cc1-c1cc(-c2nnnn2C2CCCCC2)c(O)cc1O. The third kappa shape index (κ3) is 3.72. The summed E-state index contributed by atoms with van der Waals surface area (Å²) in [4.78, 5) is 0. The molecule has 1 saturated carbocycles. The van der Waals surface area contributed by atoms with Crippen LogP contribution in [-0.2, 0) is 0 Å². The zero-order valence-corrected chi connectivity index (χ0v) is 17.7. The Labute approximate surface area is 176 Å². The molecule has 7 nitrogen and oxygen atoms in total. The van der Waals surface area contributed by atoms with E-state index in [1.807, 2.05) is 22.9 Å². The molecule has 2 aromatic carbocycles. The minimum atomic E-state index is -0.0536. The van der Waals surface area contributed by atoms with Crippen LogP contribution < -0.4 is 4.74 Å². The van der Waals surface area contributed by atoms with Gasteiger partial charge in [-0.15, -0.1) is 5.10 Å². The van der Waals surface area contributed by atoms with Crippen LogP contribution in [0.4, 0.5) is 0 Å². The first-order valence-electron chi connectivity index (χ1n) is 10.5. The maximum absolute atomic E-state index is 10.7. The van der Waals surface area contributed by atoms with Gasteiger partial charge >= 0.3 is 0 Å². The van der Waals surface area contributed by atoms with Crippen LogP contribution in [-0.4, -0.2) is 37.5 Å². The Bertz CT molecular complexity index is 1040. The lowest BCUT2D eigenvalue weighted by molar-refractivity contribution is 0.326. The number of nitrogens with zero attached hydrogens (tertiary/aromatic N) is 4. The zero-order chi connectivity index (χ0) is 21.3. The molecule has 158 valence electrons. The highest BCUT2D eigenvalue weighted by Gasteiger charge is 2.24. The highest BCUT2D eigenvalue weighted by atomic mass is 16.5. The van der Waals surface area contributed by atoms with Crippen LogP contribution in [0, 0.1) is 0 Å². The van der Waals surface area contributed by atoms with Crippen LogP contribution in [0.3, 0.4) is 0 Å². The van der Waals surface area contributed by atoms with Gasteiger partial charge in [0, 0.05) is 17.2 Å². The Kier molecular flexibility index (Phi) is 5.61. The molecular weight excluding hydrogens is 380 g/mol. The molecule has 0 unspecified atom stereocenters. The molecule has 3 aromatic rings. The van der Waals surface area contributed by atoms with E-state index >= 15 is 0 Å². The lowest BCUT2D eigenvalue weighted by Gasteiger charge is -2.22. The third-order valence-corrected chi connectivity index (χ3v) is 5.95. The molecule has 1 fully saturated rings. The summed E-state index contributed by atoms with van der Waals surface area (Å²) < 4.78 is 7.37. The number of aromatic hydroxyl groups is 2. The fraction of sp³-hybridized carbons (Fsp3) is 0.435. The number of phenolic OH excluding ortho intramolecular Hbond substituents is 2. The van der Waals surface area contributed by atoms with Crippen LogP contribution >= 0.6 is 0 Å². The Morgan fingerprint density at radius 1 is 0.967 bits per heavy atom. The number of ether oxygens (including phenoxy) is 1. The van der Waals surface area contributed by atoms with Gasteiger partial charge in [-0.1, -0.05) is 39.2 Å². The molecule has 1 aromatic heterocycles. The highest BCUT2D eigenvalue weighted by Crippen LogP contribution is 2.43. The van der Waals surface area contributed by atoms with Crippen LogP contribution in [0.15, 0.2) is 30.3 Å². The number of rotatable bonds is 5. The molecule has 0 radical (unpaired) electrons. The largest absolute Gasteiger partial charge is 0.507 e. The molecule has 30 heavy (non-hydrogen) atoms. The second-order valence-electron chi connectivity index (χ2n) is 8.24. The third-order valence-electron chi connectivity index (χ3n) is 5.95. The van der Waals surface area contributed by atoms with E-state index in [9.17, 15) is 10.2 Å². The summed E-state index contributed by atoms with van der Waals surface area (Å²) in [6.07, 6.45) is 5.57. The van der Waals surface area contributed by atoms with Crippen LogP contribution in [0.25, 0.3) is 22.5 Å². The van der Waals surface area contributed by atoms with E-state index in [1.54, 1.807) is 13.2 Å². The number of benzene rings is 2. The quantitative estimate of drug-likeness (QED) is 0.613. The minimum Gasteiger partial charge on any atom is -0.507 e. The van der Waals surface area contributed by atoms with E-state index < -0.39 is 0 Å². The Morgan fingerprint density at radius 3 is 2.40 bits per heavy atom. The van der Waals surface area contributed by atoms with E-state index in [-0.39, 0.29) is 17.5 Å². The van der Waals surface area contributed by atoms with Crippen LogP contribution in [0.1, 0.15) is 63.5 Å². The molecule has 0 amide bonds. The lowest BCUT2D eigenvalue weighted by atomic mass is 9.94. The number of hydrogen-bond acceptors (Lipinski definition) is 6. The monoisotopic (exact) mass is 408 g/mol.